The lowest BCUT2D eigenvalue weighted by molar-refractivity contribution is -0.123. The molecule has 2 atom stereocenters. The summed E-state index contributed by atoms with van der Waals surface area (Å²) in [4.78, 5) is 27.7. The number of hydrogen-bond acceptors (Lipinski definition) is 2. The lowest BCUT2D eigenvalue weighted by Crippen LogP contribution is -2.47. The molecule has 2 amide bonds. The van der Waals surface area contributed by atoms with Crippen molar-refractivity contribution in [3.05, 3.63) is 70.9 Å². The van der Waals surface area contributed by atoms with Crippen molar-refractivity contribution in [3.8, 4) is 0 Å². The van der Waals surface area contributed by atoms with Gasteiger partial charge in [-0.15, -0.1) is 0 Å². The van der Waals surface area contributed by atoms with E-state index in [9.17, 15) is 9.59 Å². The molecule has 0 aliphatic carbocycles. The Morgan fingerprint density at radius 3 is 2.45 bits per heavy atom. The van der Waals surface area contributed by atoms with Crippen LogP contribution in [-0.4, -0.2) is 27.3 Å². The SMILES string of the molecule is Cc1c(C2c3ccccc3C(=O)N2C(CC(C)C)C(N)=O)c2ccccc2n1C. The second-order valence-electron chi connectivity index (χ2n) is 8.33. The van der Waals surface area contributed by atoms with Crippen molar-refractivity contribution in [3.63, 3.8) is 0 Å². The van der Waals surface area contributed by atoms with Gasteiger partial charge < -0.3 is 15.2 Å². The number of aryl methyl sites for hydroxylation is 1. The zero-order valence-electron chi connectivity index (χ0n) is 17.3. The highest BCUT2D eigenvalue weighted by Crippen LogP contribution is 2.44. The Bertz CT molecular complexity index is 1110. The summed E-state index contributed by atoms with van der Waals surface area (Å²) in [5.74, 6) is -0.344. The molecule has 29 heavy (non-hydrogen) atoms. The number of primary amides is 1. The first kappa shape index (κ1) is 19.2. The topological polar surface area (TPSA) is 68.3 Å². The number of nitrogens with two attached hydrogens (primary N) is 1. The van der Waals surface area contributed by atoms with Gasteiger partial charge in [0.2, 0.25) is 5.91 Å². The number of hydrogen-bond donors (Lipinski definition) is 1. The molecule has 0 spiro atoms. The van der Waals surface area contributed by atoms with Crippen molar-refractivity contribution in [2.75, 3.05) is 0 Å². The number of carbonyl (C=O) groups is 2. The molecule has 150 valence electrons. The lowest BCUT2D eigenvalue weighted by Gasteiger charge is -2.33. The molecule has 5 heteroatoms. The largest absolute Gasteiger partial charge is 0.368 e. The zero-order valence-corrected chi connectivity index (χ0v) is 17.3. The van der Waals surface area contributed by atoms with Crippen LogP contribution in [0.15, 0.2) is 48.5 Å². The van der Waals surface area contributed by atoms with E-state index in [-0.39, 0.29) is 17.9 Å². The van der Waals surface area contributed by atoms with Gasteiger partial charge in [-0.3, -0.25) is 9.59 Å². The highest BCUT2D eigenvalue weighted by molar-refractivity contribution is 6.03. The maximum Gasteiger partial charge on any atom is 0.255 e. The van der Waals surface area contributed by atoms with Gasteiger partial charge in [0.15, 0.2) is 0 Å². The zero-order chi connectivity index (χ0) is 20.9. The fraction of sp³-hybridized carbons (Fsp3) is 0.333. The Labute approximate surface area is 171 Å². The monoisotopic (exact) mass is 389 g/mol. The van der Waals surface area contributed by atoms with Gasteiger partial charge in [0.05, 0.1) is 6.04 Å². The molecule has 3 aromatic rings. The molecule has 2 aromatic carbocycles. The number of aromatic nitrogens is 1. The van der Waals surface area contributed by atoms with E-state index in [1.165, 1.54) is 0 Å². The first-order chi connectivity index (χ1) is 13.8. The molecule has 0 fully saturated rings. The number of benzene rings is 2. The number of carbonyl (C=O) groups excluding carboxylic acids is 2. The average Bonchev–Trinajstić information content (AvgIpc) is 3.11. The summed E-state index contributed by atoms with van der Waals surface area (Å²) in [5, 5.41) is 1.10. The first-order valence-corrected chi connectivity index (χ1v) is 10.1. The predicted octanol–water partition coefficient (Wildman–Crippen LogP) is 3.93. The van der Waals surface area contributed by atoms with E-state index in [4.69, 9.17) is 5.73 Å². The summed E-state index contributed by atoms with van der Waals surface area (Å²) in [7, 11) is 2.04. The molecular formula is C24H27N3O2. The van der Waals surface area contributed by atoms with Crippen LogP contribution in [0.25, 0.3) is 10.9 Å². The van der Waals surface area contributed by atoms with E-state index in [0.29, 0.717) is 12.0 Å². The van der Waals surface area contributed by atoms with Crippen molar-refractivity contribution in [2.24, 2.45) is 18.7 Å². The van der Waals surface area contributed by atoms with Crippen molar-refractivity contribution in [2.45, 2.75) is 39.3 Å². The van der Waals surface area contributed by atoms with Crippen molar-refractivity contribution < 1.29 is 9.59 Å². The predicted molar refractivity (Wildman–Crippen MR) is 115 cm³/mol. The molecule has 1 aliphatic rings. The van der Waals surface area contributed by atoms with Crippen LogP contribution in [-0.2, 0) is 11.8 Å². The van der Waals surface area contributed by atoms with Gasteiger partial charge in [-0.2, -0.15) is 0 Å². The van der Waals surface area contributed by atoms with E-state index in [0.717, 1.165) is 27.7 Å². The van der Waals surface area contributed by atoms with Crippen LogP contribution in [0.3, 0.4) is 0 Å². The summed E-state index contributed by atoms with van der Waals surface area (Å²) in [6.07, 6.45) is 0.537. The normalized spacial score (nSPS) is 17.2. The summed E-state index contributed by atoms with van der Waals surface area (Å²) in [6, 6.07) is 14.9. The molecule has 1 aliphatic heterocycles. The highest BCUT2D eigenvalue weighted by Gasteiger charge is 2.44. The van der Waals surface area contributed by atoms with Crippen molar-refractivity contribution >= 4 is 22.7 Å². The molecule has 0 radical (unpaired) electrons. The van der Waals surface area contributed by atoms with E-state index < -0.39 is 11.9 Å². The molecule has 0 saturated carbocycles. The van der Waals surface area contributed by atoms with E-state index in [1.807, 2.05) is 57.3 Å². The van der Waals surface area contributed by atoms with E-state index >= 15 is 0 Å². The lowest BCUT2D eigenvalue weighted by atomic mass is 9.93. The van der Waals surface area contributed by atoms with E-state index in [2.05, 4.69) is 23.6 Å². The van der Waals surface area contributed by atoms with Crippen LogP contribution in [0.4, 0.5) is 0 Å². The maximum atomic E-state index is 13.5. The van der Waals surface area contributed by atoms with Crippen molar-refractivity contribution in [1.29, 1.82) is 0 Å². The van der Waals surface area contributed by atoms with Gasteiger partial charge in [0.25, 0.3) is 5.91 Å². The van der Waals surface area contributed by atoms with E-state index in [1.54, 1.807) is 4.90 Å². The summed E-state index contributed by atoms with van der Waals surface area (Å²) in [5.41, 5.74) is 10.7. The average molecular weight is 389 g/mol. The number of rotatable bonds is 5. The summed E-state index contributed by atoms with van der Waals surface area (Å²) in [6.45, 7) is 6.16. The number of amides is 2. The molecule has 1 aromatic heterocycles. The minimum Gasteiger partial charge on any atom is -0.368 e. The summed E-state index contributed by atoms with van der Waals surface area (Å²) >= 11 is 0. The van der Waals surface area contributed by atoms with Crippen LogP contribution >= 0.6 is 0 Å². The van der Waals surface area contributed by atoms with Gasteiger partial charge in [0, 0.05) is 34.8 Å². The van der Waals surface area contributed by atoms with Crippen LogP contribution in [0, 0.1) is 12.8 Å². The highest BCUT2D eigenvalue weighted by atomic mass is 16.2. The van der Waals surface area contributed by atoms with Crippen LogP contribution in [0.1, 0.15) is 53.5 Å². The van der Waals surface area contributed by atoms with Crippen LogP contribution < -0.4 is 5.73 Å². The Morgan fingerprint density at radius 1 is 1.10 bits per heavy atom. The van der Waals surface area contributed by atoms with Crippen molar-refractivity contribution in [1.82, 2.24) is 9.47 Å². The molecule has 5 nitrogen and oxygen atoms in total. The van der Waals surface area contributed by atoms with Crippen LogP contribution in [0.5, 0.6) is 0 Å². The molecule has 0 bridgehead atoms. The third-order valence-corrected chi connectivity index (χ3v) is 6.08. The summed E-state index contributed by atoms with van der Waals surface area (Å²) < 4.78 is 2.15. The Balaban J connectivity index is 1.99. The second-order valence-corrected chi connectivity index (χ2v) is 8.33. The molecule has 2 N–H and O–H groups in total. The fourth-order valence-electron chi connectivity index (χ4n) is 4.66. The Kier molecular flexibility index (Phi) is 4.69. The quantitative estimate of drug-likeness (QED) is 0.718. The minimum atomic E-state index is -0.654. The van der Waals surface area contributed by atoms with Gasteiger partial charge in [-0.25, -0.2) is 0 Å². The van der Waals surface area contributed by atoms with Gasteiger partial charge in [-0.1, -0.05) is 50.2 Å². The third kappa shape index (κ3) is 2.92. The third-order valence-electron chi connectivity index (χ3n) is 6.08. The second kappa shape index (κ2) is 7.07. The smallest absolute Gasteiger partial charge is 0.255 e. The fourth-order valence-corrected chi connectivity index (χ4v) is 4.66. The van der Waals surface area contributed by atoms with Gasteiger partial charge in [0.1, 0.15) is 6.04 Å². The maximum absolute atomic E-state index is 13.5. The van der Waals surface area contributed by atoms with Gasteiger partial charge in [-0.05, 0) is 37.0 Å². The number of fused-ring (bicyclic) bond motifs is 2. The first-order valence-electron chi connectivity index (χ1n) is 10.1. The Morgan fingerprint density at radius 2 is 1.76 bits per heavy atom. The van der Waals surface area contributed by atoms with Gasteiger partial charge >= 0.3 is 0 Å². The molecule has 2 unspecified atom stereocenters. The number of nitrogens with zero attached hydrogens (tertiary/aromatic N) is 2. The van der Waals surface area contributed by atoms with Crippen LogP contribution in [0.2, 0.25) is 0 Å². The number of para-hydroxylation sites is 1. The molecule has 0 saturated heterocycles. The minimum absolute atomic E-state index is 0.123. The molecular weight excluding hydrogens is 362 g/mol. The molecule has 4 rings (SSSR count). The molecule has 2 heterocycles. The standard InChI is InChI=1S/C24H27N3O2/c1-14(2)13-20(23(25)28)27-22(16-9-5-6-10-17(16)24(27)29)21-15(3)26(4)19-12-8-7-11-18(19)21/h5-12,14,20,22H,13H2,1-4H3,(H2,25,28). The Hall–Kier alpha value is -3.08.